The van der Waals surface area contributed by atoms with Gasteiger partial charge in [-0.1, -0.05) is 6.42 Å². The van der Waals surface area contributed by atoms with Crippen molar-refractivity contribution < 1.29 is 14.3 Å². The van der Waals surface area contributed by atoms with E-state index in [4.69, 9.17) is 4.74 Å². The van der Waals surface area contributed by atoms with E-state index in [-0.39, 0.29) is 30.3 Å². The normalized spacial score (nSPS) is 24.8. The molecular formula is C19H31N3O3. The number of nitrogens with zero attached hydrogens (tertiary/aromatic N) is 2. The fourth-order valence-electron chi connectivity index (χ4n) is 4.27. The predicted octanol–water partition coefficient (Wildman–Crippen LogP) is 1.31. The van der Waals surface area contributed by atoms with Crippen LogP contribution in [0.15, 0.2) is 11.1 Å². The van der Waals surface area contributed by atoms with Gasteiger partial charge in [0.1, 0.15) is 0 Å². The Morgan fingerprint density at radius 1 is 1.28 bits per heavy atom. The zero-order valence-corrected chi connectivity index (χ0v) is 15.6. The van der Waals surface area contributed by atoms with Crippen molar-refractivity contribution in [3.8, 4) is 0 Å². The Balaban J connectivity index is 1.54. The average Bonchev–Trinajstić information content (AvgIpc) is 2.88. The fraction of sp³-hybridized carbons (Fsp3) is 0.789. The second-order valence-electron chi connectivity index (χ2n) is 7.55. The van der Waals surface area contributed by atoms with Crippen molar-refractivity contribution in [2.24, 2.45) is 0 Å². The number of nitrogens with one attached hydrogen (secondary N) is 1. The minimum Gasteiger partial charge on any atom is -0.379 e. The van der Waals surface area contributed by atoms with E-state index in [0.717, 1.165) is 57.7 Å². The van der Waals surface area contributed by atoms with Crippen LogP contribution in [0.4, 0.5) is 0 Å². The summed E-state index contributed by atoms with van der Waals surface area (Å²) in [7, 11) is 0. The van der Waals surface area contributed by atoms with Crippen LogP contribution in [0.25, 0.3) is 0 Å². The first-order chi connectivity index (χ1) is 12.1. The number of morpholine rings is 1. The monoisotopic (exact) mass is 349 g/mol. The summed E-state index contributed by atoms with van der Waals surface area (Å²) >= 11 is 0. The van der Waals surface area contributed by atoms with E-state index in [0.29, 0.717) is 6.54 Å². The summed E-state index contributed by atoms with van der Waals surface area (Å²) in [5.74, 6) is 0.0549. The van der Waals surface area contributed by atoms with Crippen molar-refractivity contribution >= 4 is 11.8 Å². The minimum atomic E-state index is -0.0287. The van der Waals surface area contributed by atoms with Crippen molar-refractivity contribution in [1.82, 2.24) is 15.1 Å². The average molecular weight is 349 g/mol. The molecule has 1 unspecified atom stereocenters. The third-order valence-electron chi connectivity index (χ3n) is 5.54. The third-order valence-corrected chi connectivity index (χ3v) is 5.54. The molecule has 6 nitrogen and oxygen atoms in total. The van der Waals surface area contributed by atoms with Gasteiger partial charge in [0, 0.05) is 37.8 Å². The van der Waals surface area contributed by atoms with Gasteiger partial charge in [-0.25, -0.2) is 0 Å². The molecule has 1 saturated carbocycles. The van der Waals surface area contributed by atoms with Crippen LogP contribution in [0.3, 0.4) is 0 Å². The smallest absolute Gasteiger partial charge is 0.251 e. The molecule has 1 saturated heterocycles. The van der Waals surface area contributed by atoms with E-state index < -0.39 is 0 Å². The number of rotatable bonds is 6. The zero-order valence-electron chi connectivity index (χ0n) is 15.6. The lowest BCUT2D eigenvalue weighted by molar-refractivity contribution is -0.130. The SMILES string of the molecule is CC(C)N1C(=O)C(CC(=O)NCCN2CCOCC2)=C2CCCCC21. The number of amides is 2. The molecule has 3 rings (SSSR count). The highest BCUT2D eigenvalue weighted by Crippen LogP contribution is 2.38. The van der Waals surface area contributed by atoms with Crippen LogP contribution in [0.1, 0.15) is 46.0 Å². The van der Waals surface area contributed by atoms with E-state index in [1.807, 2.05) is 4.90 Å². The van der Waals surface area contributed by atoms with Gasteiger partial charge in [-0.15, -0.1) is 0 Å². The Hall–Kier alpha value is -1.40. The molecule has 1 aliphatic carbocycles. The Bertz CT molecular complexity index is 538. The molecule has 0 aromatic carbocycles. The molecule has 140 valence electrons. The van der Waals surface area contributed by atoms with Crippen molar-refractivity contribution in [3.05, 3.63) is 11.1 Å². The first-order valence-corrected chi connectivity index (χ1v) is 9.69. The Labute approximate surface area is 150 Å². The lowest BCUT2D eigenvalue weighted by atomic mass is 9.88. The first kappa shape index (κ1) is 18.4. The van der Waals surface area contributed by atoms with Crippen molar-refractivity contribution in [1.29, 1.82) is 0 Å². The maximum Gasteiger partial charge on any atom is 0.251 e. The molecule has 0 radical (unpaired) electrons. The summed E-state index contributed by atoms with van der Waals surface area (Å²) in [6.07, 6.45) is 4.55. The van der Waals surface area contributed by atoms with Gasteiger partial charge in [-0.2, -0.15) is 0 Å². The summed E-state index contributed by atoms with van der Waals surface area (Å²) < 4.78 is 5.33. The number of carbonyl (C=O) groups is 2. The Morgan fingerprint density at radius 2 is 2.04 bits per heavy atom. The van der Waals surface area contributed by atoms with Gasteiger partial charge in [0.25, 0.3) is 5.91 Å². The summed E-state index contributed by atoms with van der Waals surface area (Å²) in [6, 6.07) is 0.421. The zero-order chi connectivity index (χ0) is 17.8. The lowest BCUT2D eigenvalue weighted by Gasteiger charge is -2.33. The van der Waals surface area contributed by atoms with Gasteiger partial charge in [0.15, 0.2) is 0 Å². The number of ether oxygens (including phenoxy) is 1. The quantitative estimate of drug-likeness (QED) is 0.785. The number of fused-ring (bicyclic) bond motifs is 1. The molecule has 0 aromatic heterocycles. The highest BCUT2D eigenvalue weighted by molar-refractivity contribution is 6.02. The van der Waals surface area contributed by atoms with E-state index >= 15 is 0 Å². The van der Waals surface area contributed by atoms with Gasteiger partial charge >= 0.3 is 0 Å². The van der Waals surface area contributed by atoms with Crippen LogP contribution in [0, 0.1) is 0 Å². The molecule has 2 amide bonds. The van der Waals surface area contributed by atoms with E-state index in [2.05, 4.69) is 24.1 Å². The molecule has 2 aliphatic heterocycles. The molecule has 0 bridgehead atoms. The largest absolute Gasteiger partial charge is 0.379 e. The van der Waals surface area contributed by atoms with E-state index in [9.17, 15) is 9.59 Å². The van der Waals surface area contributed by atoms with Crippen LogP contribution in [0.2, 0.25) is 0 Å². The van der Waals surface area contributed by atoms with Gasteiger partial charge in [0.2, 0.25) is 5.91 Å². The molecule has 0 aromatic rings. The van der Waals surface area contributed by atoms with Crippen molar-refractivity contribution in [2.45, 2.75) is 58.0 Å². The third kappa shape index (κ3) is 4.23. The maximum atomic E-state index is 12.8. The summed E-state index contributed by atoms with van der Waals surface area (Å²) in [4.78, 5) is 29.5. The Morgan fingerprint density at radius 3 is 2.76 bits per heavy atom. The molecule has 3 aliphatic rings. The molecular weight excluding hydrogens is 318 g/mol. The summed E-state index contributed by atoms with van der Waals surface area (Å²) in [5, 5.41) is 2.99. The number of carbonyl (C=O) groups excluding carboxylic acids is 2. The topological polar surface area (TPSA) is 61.9 Å². The van der Waals surface area contributed by atoms with Crippen LogP contribution in [-0.4, -0.2) is 73.1 Å². The second kappa shape index (κ2) is 8.32. The maximum absolute atomic E-state index is 12.8. The molecule has 25 heavy (non-hydrogen) atoms. The molecule has 1 N–H and O–H groups in total. The lowest BCUT2D eigenvalue weighted by Crippen LogP contribution is -2.42. The highest BCUT2D eigenvalue weighted by Gasteiger charge is 2.41. The van der Waals surface area contributed by atoms with Crippen LogP contribution >= 0.6 is 0 Å². The predicted molar refractivity (Wildman–Crippen MR) is 96.1 cm³/mol. The fourth-order valence-corrected chi connectivity index (χ4v) is 4.27. The van der Waals surface area contributed by atoms with Gasteiger partial charge in [-0.05, 0) is 38.7 Å². The van der Waals surface area contributed by atoms with E-state index in [1.165, 1.54) is 12.0 Å². The number of hydrogen-bond donors (Lipinski definition) is 1. The van der Waals surface area contributed by atoms with Crippen LogP contribution in [-0.2, 0) is 14.3 Å². The van der Waals surface area contributed by atoms with Crippen molar-refractivity contribution in [3.63, 3.8) is 0 Å². The van der Waals surface area contributed by atoms with Crippen molar-refractivity contribution in [2.75, 3.05) is 39.4 Å². The standard InChI is InChI=1S/C19H31N3O3/c1-14(2)22-17-6-4-3-5-15(17)16(19(22)24)13-18(23)20-7-8-21-9-11-25-12-10-21/h14,17H,3-13H2,1-2H3,(H,20,23). The van der Waals surface area contributed by atoms with Gasteiger partial charge in [-0.3, -0.25) is 14.5 Å². The van der Waals surface area contributed by atoms with Gasteiger partial charge in [0.05, 0.1) is 25.7 Å². The molecule has 1 atom stereocenters. The second-order valence-corrected chi connectivity index (χ2v) is 7.55. The van der Waals surface area contributed by atoms with E-state index in [1.54, 1.807) is 0 Å². The van der Waals surface area contributed by atoms with Crippen LogP contribution in [0.5, 0.6) is 0 Å². The Kier molecular flexibility index (Phi) is 6.12. The molecule has 2 fully saturated rings. The van der Waals surface area contributed by atoms with Gasteiger partial charge < -0.3 is 15.0 Å². The van der Waals surface area contributed by atoms with Crippen LogP contribution < -0.4 is 5.32 Å². The molecule has 2 heterocycles. The molecule has 6 heteroatoms. The minimum absolute atomic E-state index is 0.0287. The summed E-state index contributed by atoms with van der Waals surface area (Å²) in [5.41, 5.74) is 2.00. The first-order valence-electron chi connectivity index (χ1n) is 9.69. The number of hydrogen-bond acceptors (Lipinski definition) is 4. The summed E-state index contributed by atoms with van der Waals surface area (Å²) in [6.45, 7) is 8.99. The molecule has 0 spiro atoms. The highest BCUT2D eigenvalue weighted by atomic mass is 16.5.